The predicted molar refractivity (Wildman–Crippen MR) is 64.3 cm³/mol. The van der Waals surface area contributed by atoms with Gasteiger partial charge in [-0.25, -0.2) is 9.67 Å². The molecule has 0 aliphatic rings. The number of carbonyl (C=O) groups is 1. The van der Waals surface area contributed by atoms with Gasteiger partial charge in [0.25, 0.3) is 11.5 Å². The lowest BCUT2D eigenvalue weighted by Gasteiger charge is -2.01. The summed E-state index contributed by atoms with van der Waals surface area (Å²) < 4.78 is 1.07. The third kappa shape index (κ3) is 2.41. The van der Waals surface area contributed by atoms with Crippen LogP contribution in [0.2, 0.25) is 0 Å². The van der Waals surface area contributed by atoms with Crippen LogP contribution in [-0.4, -0.2) is 20.7 Å². The minimum Gasteiger partial charge on any atom is -0.296 e. The molecular formula is C10H7N5O2S. The number of amides is 1. The molecule has 0 bridgehead atoms. The first-order chi connectivity index (χ1) is 8.60. The van der Waals surface area contributed by atoms with Crippen molar-refractivity contribution in [3.63, 3.8) is 0 Å². The first-order valence-electron chi connectivity index (χ1n) is 4.82. The maximum absolute atomic E-state index is 11.8. The van der Waals surface area contributed by atoms with Crippen LogP contribution in [-0.2, 0) is 7.05 Å². The summed E-state index contributed by atoms with van der Waals surface area (Å²) in [6, 6.07) is 4.50. The average molecular weight is 261 g/mol. The van der Waals surface area contributed by atoms with Crippen molar-refractivity contribution in [2.24, 2.45) is 7.05 Å². The van der Waals surface area contributed by atoms with Crippen LogP contribution in [0.25, 0.3) is 0 Å². The van der Waals surface area contributed by atoms with E-state index in [1.54, 1.807) is 0 Å². The van der Waals surface area contributed by atoms with Crippen molar-refractivity contribution in [3.8, 4) is 6.07 Å². The number of aromatic nitrogens is 3. The van der Waals surface area contributed by atoms with Gasteiger partial charge in [-0.05, 0) is 6.07 Å². The van der Waals surface area contributed by atoms with Gasteiger partial charge in [-0.2, -0.15) is 10.4 Å². The number of aryl methyl sites for hydroxylation is 1. The molecule has 0 fully saturated rings. The molecule has 0 radical (unpaired) electrons. The monoisotopic (exact) mass is 261 g/mol. The number of nitrogens with zero attached hydrogens (tertiary/aromatic N) is 4. The first kappa shape index (κ1) is 11.9. The molecule has 0 aliphatic heterocycles. The van der Waals surface area contributed by atoms with Crippen molar-refractivity contribution in [1.29, 1.82) is 5.26 Å². The van der Waals surface area contributed by atoms with Crippen LogP contribution in [0.5, 0.6) is 0 Å². The topological polar surface area (TPSA) is 101 Å². The van der Waals surface area contributed by atoms with Crippen LogP contribution in [0.3, 0.4) is 0 Å². The van der Waals surface area contributed by atoms with Gasteiger partial charge in [-0.3, -0.25) is 14.9 Å². The smallest absolute Gasteiger partial charge is 0.277 e. The number of hydrogen-bond donors (Lipinski definition) is 1. The van der Waals surface area contributed by atoms with E-state index >= 15 is 0 Å². The van der Waals surface area contributed by atoms with Gasteiger partial charge in [0.1, 0.15) is 16.6 Å². The zero-order chi connectivity index (χ0) is 13.1. The SMILES string of the molecule is Cn1nc(C(=O)Nc2ncc(C#N)s2)ccc1=O. The molecule has 8 heteroatoms. The highest BCUT2D eigenvalue weighted by Crippen LogP contribution is 2.17. The van der Waals surface area contributed by atoms with E-state index in [1.165, 1.54) is 25.4 Å². The van der Waals surface area contributed by atoms with Crippen LogP contribution in [0.4, 0.5) is 5.13 Å². The molecule has 7 nitrogen and oxygen atoms in total. The Morgan fingerprint density at radius 3 is 2.94 bits per heavy atom. The van der Waals surface area contributed by atoms with Gasteiger partial charge in [-0.15, -0.1) is 0 Å². The maximum atomic E-state index is 11.8. The van der Waals surface area contributed by atoms with Gasteiger partial charge in [0, 0.05) is 13.1 Å². The highest BCUT2D eigenvalue weighted by Gasteiger charge is 2.11. The Labute approximate surface area is 105 Å². The van der Waals surface area contributed by atoms with E-state index < -0.39 is 5.91 Å². The van der Waals surface area contributed by atoms with Gasteiger partial charge < -0.3 is 0 Å². The van der Waals surface area contributed by atoms with Crippen molar-refractivity contribution in [3.05, 3.63) is 39.3 Å². The standard InChI is InChI=1S/C10H7N5O2S/c1-15-8(16)3-2-7(14-15)9(17)13-10-12-5-6(4-11)18-10/h2-3,5H,1H3,(H,12,13,17). The Kier molecular flexibility index (Phi) is 3.16. The molecule has 0 spiro atoms. The molecule has 0 unspecified atom stereocenters. The third-order valence-electron chi connectivity index (χ3n) is 2.03. The Balaban J connectivity index is 2.19. The van der Waals surface area contributed by atoms with Gasteiger partial charge in [0.2, 0.25) is 0 Å². The molecule has 2 aromatic heterocycles. The third-order valence-corrected chi connectivity index (χ3v) is 2.85. The second-order valence-corrected chi connectivity index (χ2v) is 4.31. The van der Waals surface area contributed by atoms with Crippen LogP contribution in [0.15, 0.2) is 23.1 Å². The highest BCUT2D eigenvalue weighted by atomic mass is 32.1. The molecule has 2 heterocycles. The summed E-state index contributed by atoms with van der Waals surface area (Å²) in [5.41, 5.74) is -0.196. The van der Waals surface area contributed by atoms with Crippen molar-refractivity contribution in [2.45, 2.75) is 0 Å². The summed E-state index contributed by atoms with van der Waals surface area (Å²) in [5.74, 6) is -0.482. The fourth-order valence-corrected chi connectivity index (χ4v) is 1.78. The van der Waals surface area contributed by atoms with Crippen molar-refractivity contribution in [2.75, 3.05) is 5.32 Å². The van der Waals surface area contributed by atoms with E-state index in [2.05, 4.69) is 15.4 Å². The molecule has 18 heavy (non-hydrogen) atoms. The normalized spacial score (nSPS) is 9.78. The number of nitrogens with one attached hydrogen (secondary N) is 1. The van der Waals surface area contributed by atoms with E-state index in [0.29, 0.717) is 10.0 Å². The number of carbonyl (C=O) groups excluding carboxylic acids is 1. The lowest BCUT2D eigenvalue weighted by Crippen LogP contribution is -2.23. The summed E-state index contributed by atoms with van der Waals surface area (Å²) in [5, 5.41) is 15.2. The Bertz CT molecular complexity index is 697. The molecule has 1 amide bonds. The summed E-state index contributed by atoms with van der Waals surface area (Å²) in [4.78, 5) is 27.1. The molecule has 1 N–H and O–H groups in total. The van der Waals surface area contributed by atoms with Gasteiger partial charge in [-0.1, -0.05) is 11.3 Å². The molecule has 90 valence electrons. The van der Waals surface area contributed by atoms with Crippen LogP contribution < -0.4 is 10.9 Å². The van der Waals surface area contributed by atoms with Gasteiger partial charge in [0.15, 0.2) is 5.13 Å². The zero-order valence-electron chi connectivity index (χ0n) is 9.25. The van der Waals surface area contributed by atoms with Crippen molar-refractivity contribution < 1.29 is 4.79 Å². The molecule has 0 atom stereocenters. The van der Waals surface area contributed by atoms with E-state index in [9.17, 15) is 9.59 Å². The Morgan fingerprint density at radius 1 is 1.56 bits per heavy atom. The minimum absolute atomic E-state index is 0.103. The molecule has 2 rings (SSSR count). The number of rotatable bonds is 2. The highest BCUT2D eigenvalue weighted by molar-refractivity contribution is 7.16. The number of nitriles is 1. The quantitative estimate of drug-likeness (QED) is 0.841. The molecule has 0 saturated carbocycles. The minimum atomic E-state index is -0.482. The van der Waals surface area contributed by atoms with Crippen LogP contribution in [0, 0.1) is 11.3 Å². The number of hydrogen-bond acceptors (Lipinski definition) is 6. The molecule has 2 aromatic rings. The molecule has 0 aliphatic carbocycles. The zero-order valence-corrected chi connectivity index (χ0v) is 10.1. The van der Waals surface area contributed by atoms with E-state index in [4.69, 9.17) is 5.26 Å². The van der Waals surface area contributed by atoms with Gasteiger partial charge in [0.05, 0.1) is 6.20 Å². The fourth-order valence-electron chi connectivity index (χ4n) is 1.17. The first-order valence-corrected chi connectivity index (χ1v) is 5.63. The second kappa shape index (κ2) is 4.77. The van der Waals surface area contributed by atoms with Crippen LogP contribution in [0.1, 0.15) is 15.4 Å². The number of thiazole rings is 1. The Morgan fingerprint density at radius 2 is 2.33 bits per heavy atom. The second-order valence-electron chi connectivity index (χ2n) is 3.28. The fraction of sp³-hybridized carbons (Fsp3) is 0.100. The maximum Gasteiger partial charge on any atom is 0.277 e. The Hall–Kier alpha value is -2.53. The molecule has 0 saturated heterocycles. The van der Waals surface area contributed by atoms with Crippen molar-refractivity contribution in [1.82, 2.24) is 14.8 Å². The summed E-state index contributed by atoms with van der Waals surface area (Å²) >= 11 is 1.06. The van der Waals surface area contributed by atoms with E-state index in [-0.39, 0.29) is 11.3 Å². The summed E-state index contributed by atoms with van der Waals surface area (Å²) in [6.45, 7) is 0. The summed E-state index contributed by atoms with van der Waals surface area (Å²) in [7, 11) is 1.45. The van der Waals surface area contributed by atoms with E-state index in [1.807, 2.05) is 6.07 Å². The van der Waals surface area contributed by atoms with Crippen LogP contribution >= 0.6 is 11.3 Å². The largest absolute Gasteiger partial charge is 0.296 e. The van der Waals surface area contributed by atoms with Gasteiger partial charge >= 0.3 is 0 Å². The van der Waals surface area contributed by atoms with Crippen molar-refractivity contribution >= 4 is 22.4 Å². The molecule has 0 aromatic carbocycles. The molecular weight excluding hydrogens is 254 g/mol. The van der Waals surface area contributed by atoms with E-state index in [0.717, 1.165) is 16.0 Å². The average Bonchev–Trinajstić information content (AvgIpc) is 2.80. The predicted octanol–water partition coefficient (Wildman–Crippen LogP) is 0.361. The summed E-state index contributed by atoms with van der Waals surface area (Å²) in [6.07, 6.45) is 1.37. The lowest BCUT2D eigenvalue weighted by atomic mass is 10.4. The number of anilines is 1. The lowest BCUT2D eigenvalue weighted by molar-refractivity contribution is 0.102.